The fourth-order valence-electron chi connectivity index (χ4n) is 1.49. The van der Waals surface area contributed by atoms with Crippen LogP contribution in [0.4, 0.5) is 0 Å². The second-order valence-electron chi connectivity index (χ2n) is 5.98. The highest BCUT2D eigenvalue weighted by Crippen LogP contribution is 2.25. The molecule has 0 amide bonds. The molecule has 0 aliphatic heterocycles. The van der Waals surface area contributed by atoms with E-state index in [9.17, 15) is 0 Å². The second-order valence-corrected chi connectivity index (χ2v) is 6.39. The van der Waals surface area contributed by atoms with Crippen LogP contribution in [0, 0.1) is 12.8 Å². The van der Waals surface area contributed by atoms with Crippen molar-refractivity contribution >= 4 is 11.6 Å². The smallest absolute Gasteiger partial charge is 0.138 e. The Morgan fingerprint density at radius 2 is 2.00 bits per heavy atom. The van der Waals surface area contributed by atoms with Gasteiger partial charge >= 0.3 is 0 Å². The number of ether oxygens (including phenoxy) is 1. The first-order chi connectivity index (χ1) is 8.28. The minimum absolute atomic E-state index is 0.148. The third-order valence-corrected chi connectivity index (χ3v) is 2.90. The summed E-state index contributed by atoms with van der Waals surface area (Å²) in [6.45, 7) is 12.3. The van der Waals surface area contributed by atoms with E-state index < -0.39 is 0 Å². The van der Waals surface area contributed by atoms with Crippen molar-refractivity contribution < 1.29 is 4.74 Å². The summed E-state index contributed by atoms with van der Waals surface area (Å²) in [5.74, 6) is 1.22. The third-order valence-electron chi connectivity index (χ3n) is 2.59. The van der Waals surface area contributed by atoms with Crippen molar-refractivity contribution in [2.45, 2.75) is 40.2 Å². The van der Waals surface area contributed by atoms with Gasteiger partial charge in [0.05, 0.1) is 11.6 Å². The van der Waals surface area contributed by atoms with Crippen molar-refractivity contribution in [2.75, 3.05) is 13.2 Å². The van der Waals surface area contributed by atoms with E-state index in [1.165, 1.54) is 0 Å². The lowest BCUT2D eigenvalue weighted by atomic mass is 10.1. The fourth-order valence-corrected chi connectivity index (χ4v) is 1.66. The predicted octanol–water partition coefficient (Wildman–Crippen LogP) is 4.05. The zero-order valence-corrected chi connectivity index (χ0v) is 12.8. The molecular weight excluding hydrogens is 246 g/mol. The molecule has 3 heteroatoms. The Kier molecular flexibility index (Phi) is 5.48. The maximum atomic E-state index is 6.09. The second kappa shape index (κ2) is 6.44. The van der Waals surface area contributed by atoms with Gasteiger partial charge in [-0.1, -0.05) is 24.6 Å². The molecule has 0 fully saturated rings. The summed E-state index contributed by atoms with van der Waals surface area (Å²) in [6.07, 6.45) is 0. The molecule has 1 N–H and O–H groups in total. The highest BCUT2D eigenvalue weighted by Gasteiger charge is 2.12. The first kappa shape index (κ1) is 15.3. The zero-order valence-electron chi connectivity index (χ0n) is 12.0. The molecule has 0 aromatic heterocycles. The summed E-state index contributed by atoms with van der Waals surface area (Å²) in [6, 6.07) is 5.84. The van der Waals surface area contributed by atoms with E-state index in [2.05, 4.69) is 33.0 Å². The van der Waals surface area contributed by atoms with E-state index in [1.54, 1.807) is 0 Å². The Morgan fingerprint density at radius 1 is 1.33 bits per heavy atom. The van der Waals surface area contributed by atoms with Crippen LogP contribution in [-0.2, 0) is 0 Å². The lowest BCUT2D eigenvalue weighted by Crippen LogP contribution is -2.39. The van der Waals surface area contributed by atoms with Crippen LogP contribution in [0.2, 0.25) is 5.02 Å². The molecule has 1 rings (SSSR count). The van der Waals surface area contributed by atoms with Crippen molar-refractivity contribution in [1.82, 2.24) is 5.32 Å². The number of nitrogens with one attached hydrogen (secondary N) is 1. The maximum absolute atomic E-state index is 6.09. The van der Waals surface area contributed by atoms with Gasteiger partial charge in [-0.3, -0.25) is 0 Å². The van der Waals surface area contributed by atoms with Crippen molar-refractivity contribution in [2.24, 2.45) is 5.92 Å². The summed E-state index contributed by atoms with van der Waals surface area (Å²) in [7, 11) is 0. The van der Waals surface area contributed by atoms with Gasteiger partial charge in [0.1, 0.15) is 5.75 Å². The molecule has 1 aromatic rings. The van der Waals surface area contributed by atoms with Crippen molar-refractivity contribution in [3.05, 3.63) is 28.8 Å². The largest absolute Gasteiger partial charge is 0.492 e. The van der Waals surface area contributed by atoms with Crippen LogP contribution in [0.25, 0.3) is 0 Å². The van der Waals surface area contributed by atoms with Gasteiger partial charge in [0.15, 0.2) is 0 Å². The van der Waals surface area contributed by atoms with E-state index in [-0.39, 0.29) is 5.54 Å². The van der Waals surface area contributed by atoms with Crippen molar-refractivity contribution in [3.63, 3.8) is 0 Å². The highest BCUT2D eigenvalue weighted by atomic mass is 35.5. The Hall–Kier alpha value is -0.730. The number of rotatable bonds is 5. The molecular formula is C15H24ClNO. The van der Waals surface area contributed by atoms with Gasteiger partial charge in [0.2, 0.25) is 0 Å². The Morgan fingerprint density at radius 3 is 2.61 bits per heavy atom. The molecule has 0 saturated heterocycles. The van der Waals surface area contributed by atoms with Gasteiger partial charge < -0.3 is 10.1 Å². The highest BCUT2D eigenvalue weighted by molar-refractivity contribution is 6.32. The van der Waals surface area contributed by atoms with Crippen LogP contribution in [0.3, 0.4) is 0 Å². The topological polar surface area (TPSA) is 21.3 Å². The molecule has 0 saturated carbocycles. The van der Waals surface area contributed by atoms with Gasteiger partial charge in [-0.25, -0.2) is 0 Å². The predicted molar refractivity (Wildman–Crippen MR) is 78.6 cm³/mol. The Bertz CT molecular complexity index is 385. The van der Waals surface area contributed by atoms with Crippen molar-refractivity contribution in [3.8, 4) is 5.75 Å². The molecule has 0 spiro atoms. The van der Waals surface area contributed by atoms with Gasteiger partial charge in [0, 0.05) is 18.0 Å². The maximum Gasteiger partial charge on any atom is 0.138 e. The lowest BCUT2D eigenvalue weighted by Gasteiger charge is -2.23. The number of hydrogen-bond acceptors (Lipinski definition) is 2. The van der Waals surface area contributed by atoms with Gasteiger partial charge in [0.25, 0.3) is 0 Å². The minimum Gasteiger partial charge on any atom is -0.492 e. The molecule has 1 unspecified atom stereocenters. The quantitative estimate of drug-likeness (QED) is 0.871. The fraction of sp³-hybridized carbons (Fsp3) is 0.600. The van der Waals surface area contributed by atoms with E-state index in [1.807, 2.05) is 25.1 Å². The molecule has 0 radical (unpaired) electrons. The van der Waals surface area contributed by atoms with Gasteiger partial charge in [-0.2, -0.15) is 0 Å². The third kappa shape index (κ3) is 5.74. The lowest BCUT2D eigenvalue weighted by molar-refractivity contribution is 0.244. The summed E-state index contributed by atoms with van der Waals surface area (Å²) >= 11 is 6.09. The molecule has 1 aromatic carbocycles. The van der Waals surface area contributed by atoms with Crippen LogP contribution < -0.4 is 10.1 Å². The molecule has 1 atom stereocenters. The monoisotopic (exact) mass is 269 g/mol. The summed E-state index contributed by atoms with van der Waals surface area (Å²) in [5, 5.41) is 4.15. The number of benzene rings is 1. The van der Waals surface area contributed by atoms with E-state index in [0.29, 0.717) is 17.5 Å². The van der Waals surface area contributed by atoms with Crippen LogP contribution in [-0.4, -0.2) is 18.7 Å². The number of halogens is 1. The standard InChI is InChI=1S/C15H24ClNO/c1-11-6-7-13(16)14(8-11)18-10-12(2)9-17-15(3,4)5/h6-8,12,17H,9-10H2,1-5H3. The van der Waals surface area contributed by atoms with E-state index in [0.717, 1.165) is 17.9 Å². The molecule has 0 aliphatic rings. The number of hydrogen-bond donors (Lipinski definition) is 1. The summed E-state index contributed by atoms with van der Waals surface area (Å²) < 4.78 is 5.77. The Labute approximate surface area is 116 Å². The summed E-state index contributed by atoms with van der Waals surface area (Å²) in [5.41, 5.74) is 1.31. The van der Waals surface area contributed by atoms with Crippen LogP contribution in [0.1, 0.15) is 33.3 Å². The average molecular weight is 270 g/mol. The average Bonchev–Trinajstić information content (AvgIpc) is 2.26. The first-order valence-electron chi connectivity index (χ1n) is 6.42. The molecule has 18 heavy (non-hydrogen) atoms. The molecule has 0 heterocycles. The van der Waals surface area contributed by atoms with Gasteiger partial charge in [-0.05, 0) is 45.4 Å². The van der Waals surface area contributed by atoms with Crippen LogP contribution in [0.15, 0.2) is 18.2 Å². The zero-order chi connectivity index (χ0) is 13.8. The number of aryl methyl sites for hydroxylation is 1. The molecule has 0 bridgehead atoms. The molecule has 0 aliphatic carbocycles. The van der Waals surface area contributed by atoms with Crippen LogP contribution >= 0.6 is 11.6 Å². The Balaban J connectivity index is 2.42. The normalized spacial score (nSPS) is 13.4. The first-order valence-corrected chi connectivity index (χ1v) is 6.80. The summed E-state index contributed by atoms with van der Waals surface area (Å²) in [4.78, 5) is 0. The minimum atomic E-state index is 0.148. The van der Waals surface area contributed by atoms with Crippen LogP contribution in [0.5, 0.6) is 5.75 Å². The van der Waals surface area contributed by atoms with Gasteiger partial charge in [-0.15, -0.1) is 0 Å². The van der Waals surface area contributed by atoms with E-state index in [4.69, 9.17) is 16.3 Å². The molecule has 2 nitrogen and oxygen atoms in total. The SMILES string of the molecule is Cc1ccc(Cl)c(OCC(C)CNC(C)(C)C)c1. The van der Waals surface area contributed by atoms with E-state index >= 15 is 0 Å². The molecule has 102 valence electrons. The van der Waals surface area contributed by atoms with Crippen molar-refractivity contribution in [1.29, 1.82) is 0 Å².